The van der Waals surface area contributed by atoms with Crippen LogP contribution in [0.25, 0.3) is 0 Å². The summed E-state index contributed by atoms with van der Waals surface area (Å²) in [5.74, 6) is 0.662. The summed E-state index contributed by atoms with van der Waals surface area (Å²) in [6.07, 6.45) is -0.688. The largest absolute Gasteiger partial charge is 0.411 e. The van der Waals surface area contributed by atoms with Gasteiger partial charge in [-0.25, -0.2) is 0 Å². The molecule has 0 saturated heterocycles. The summed E-state index contributed by atoms with van der Waals surface area (Å²) in [4.78, 5) is 4.14. The van der Waals surface area contributed by atoms with Gasteiger partial charge in [0.25, 0.3) is 0 Å². The number of aromatic nitrogens is 2. The number of rotatable bonds is 8. The normalized spacial score (nSPS) is 12.2. The molecule has 142 valence electrons. The third-order valence-electron chi connectivity index (χ3n) is 3.43. The van der Waals surface area contributed by atoms with Gasteiger partial charge in [-0.3, -0.25) is 9.67 Å². The van der Waals surface area contributed by atoms with Crippen LogP contribution in [0, 0.1) is 0 Å². The Morgan fingerprint density at radius 3 is 2.54 bits per heavy atom. The second-order valence-electron chi connectivity index (χ2n) is 5.55. The van der Waals surface area contributed by atoms with Gasteiger partial charge in [0.2, 0.25) is 0 Å². The van der Waals surface area contributed by atoms with E-state index in [-0.39, 0.29) is 6.61 Å². The number of nitrogens with one attached hydrogen (secondary N) is 2. The highest BCUT2D eigenvalue weighted by Gasteiger charge is 2.27. The van der Waals surface area contributed by atoms with Gasteiger partial charge in [0, 0.05) is 32.5 Å². The second kappa shape index (κ2) is 9.81. The molecule has 2 N–H and O–H groups in total. The number of halogens is 3. The summed E-state index contributed by atoms with van der Waals surface area (Å²) < 4.78 is 42.6. The summed E-state index contributed by atoms with van der Waals surface area (Å²) in [5, 5.41) is 10.5. The van der Waals surface area contributed by atoms with Crippen LogP contribution in [0.2, 0.25) is 0 Å². The fourth-order valence-corrected chi connectivity index (χ4v) is 2.17. The molecule has 0 bridgehead atoms. The Labute approximate surface area is 150 Å². The average molecular weight is 369 g/mol. The Bertz CT molecular complexity index is 669. The first-order valence-corrected chi connectivity index (χ1v) is 8.10. The summed E-state index contributed by atoms with van der Waals surface area (Å²) in [6, 6.07) is 9.06. The van der Waals surface area contributed by atoms with Gasteiger partial charge in [0.05, 0.1) is 13.2 Å². The van der Waals surface area contributed by atoms with Crippen LogP contribution in [0.5, 0.6) is 0 Å². The fourth-order valence-electron chi connectivity index (χ4n) is 2.17. The molecule has 0 amide bonds. The average Bonchev–Trinajstić information content (AvgIpc) is 3.11. The molecule has 0 spiro atoms. The van der Waals surface area contributed by atoms with Gasteiger partial charge in [0.1, 0.15) is 6.61 Å². The minimum atomic E-state index is -4.30. The van der Waals surface area contributed by atoms with Crippen molar-refractivity contribution in [2.45, 2.75) is 25.9 Å². The van der Waals surface area contributed by atoms with E-state index in [9.17, 15) is 13.2 Å². The Morgan fingerprint density at radius 2 is 1.92 bits per heavy atom. The van der Waals surface area contributed by atoms with Gasteiger partial charge < -0.3 is 15.4 Å². The minimum Gasteiger partial charge on any atom is -0.367 e. The molecule has 0 aliphatic carbocycles. The number of nitrogens with zero attached hydrogens (tertiary/aromatic N) is 3. The highest BCUT2D eigenvalue weighted by molar-refractivity contribution is 5.79. The lowest BCUT2D eigenvalue weighted by Gasteiger charge is -2.12. The molecule has 2 aromatic rings. The zero-order valence-corrected chi connectivity index (χ0v) is 14.5. The van der Waals surface area contributed by atoms with Gasteiger partial charge in [-0.2, -0.15) is 18.3 Å². The predicted molar refractivity (Wildman–Crippen MR) is 92.6 cm³/mol. The van der Waals surface area contributed by atoms with Crippen LogP contribution in [0.3, 0.4) is 0 Å². The van der Waals surface area contributed by atoms with E-state index < -0.39 is 12.8 Å². The van der Waals surface area contributed by atoms with Crippen LogP contribution < -0.4 is 10.6 Å². The second-order valence-corrected chi connectivity index (χ2v) is 5.55. The van der Waals surface area contributed by atoms with Gasteiger partial charge >= 0.3 is 6.18 Å². The van der Waals surface area contributed by atoms with Crippen LogP contribution >= 0.6 is 0 Å². The maximum Gasteiger partial charge on any atom is 0.411 e. The van der Waals surface area contributed by atoms with E-state index in [0.29, 0.717) is 24.6 Å². The van der Waals surface area contributed by atoms with E-state index in [4.69, 9.17) is 0 Å². The van der Waals surface area contributed by atoms with Crippen molar-refractivity contribution in [2.24, 2.45) is 4.99 Å². The molecule has 1 aromatic heterocycles. The first-order valence-electron chi connectivity index (χ1n) is 8.10. The van der Waals surface area contributed by atoms with Crippen LogP contribution in [0.4, 0.5) is 13.2 Å². The van der Waals surface area contributed by atoms with Gasteiger partial charge in [0.15, 0.2) is 5.96 Å². The van der Waals surface area contributed by atoms with Crippen LogP contribution in [0.1, 0.15) is 11.1 Å². The number of aliphatic imine (C=N–C) groups is 1. The lowest BCUT2D eigenvalue weighted by atomic mass is 10.1. The Morgan fingerprint density at radius 1 is 1.19 bits per heavy atom. The monoisotopic (exact) mass is 369 g/mol. The van der Waals surface area contributed by atoms with E-state index >= 15 is 0 Å². The summed E-state index contributed by atoms with van der Waals surface area (Å²) in [7, 11) is 1.68. The highest BCUT2D eigenvalue weighted by atomic mass is 19.4. The molecular formula is C17H22F3N5O. The number of ether oxygens (including phenoxy) is 1. The van der Waals surface area contributed by atoms with E-state index in [1.54, 1.807) is 25.4 Å². The molecule has 26 heavy (non-hydrogen) atoms. The molecule has 9 heteroatoms. The molecule has 0 saturated carbocycles. The first-order chi connectivity index (χ1) is 12.5. The van der Waals surface area contributed by atoms with Gasteiger partial charge in [-0.05, 0) is 17.2 Å². The molecule has 6 nitrogen and oxygen atoms in total. The molecular weight excluding hydrogens is 347 g/mol. The molecule has 0 fully saturated rings. The smallest absolute Gasteiger partial charge is 0.367 e. The van der Waals surface area contributed by atoms with Crippen LogP contribution in [0.15, 0.2) is 47.7 Å². The van der Waals surface area contributed by atoms with E-state index in [1.807, 2.05) is 29.1 Å². The maximum absolute atomic E-state index is 12.0. The first kappa shape index (κ1) is 19.8. The fraction of sp³-hybridized carbons (Fsp3) is 0.412. The molecule has 1 aromatic carbocycles. The third-order valence-corrected chi connectivity index (χ3v) is 3.43. The van der Waals surface area contributed by atoms with Gasteiger partial charge in [-0.1, -0.05) is 24.3 Å². The zero-order chi connectivity index (χ0) is 18.8. The van der Waals surface area contributed by atoms with Crippen LogP contribution in [-0.2, 0) is 24.4 Å². The van der Waals surface area contributed by atoms with E-state index in [0.717, 1.165) is 12.1 Å². The lowest BCUT2D eigenvalue weighted by molar-refractivity contribution is -0.176. The van der Waals surface area contributed by atoms with Crippen molar-refractivity contribution in [1.82, 2.24) is 20.4 Å². The van der Waals surface area contributed by atoms with Crippen molar-refractivity contribution in [3.63, 3.8) is 0 Å². The van der Waals surface area contributed by atoms with Crippen molar-refractivity contribution in [3.05, 3.63) is 53.9 Å². The number of hydrogen-bond acceptors (Lipinski definition) is 3. The molecule has 0 aliphatic rings. The number of guanidine groups is 1. The minimum absolute atomic E-state index is 0.0656. The quantitative estimate of drug-likeness (QED) is 0.554. The molecule has 0 aliphatic heterocycles. The third kappa shape index (κ3) is 7.56. The molecule has 0 radical (unpaired) electrons. The molecule has 0 atom stereocenters. The number of alkyl halides is 3. The van der Waals surface area contributed by atoms with Crippen molar-refractivity contribution in [1.29, 1.82) is 0 Å². The van der Waals surface area contributed by atoms with E-state index in [2.05, 4.69) is 25.5 Å². The highest BCUT2D eigenvalue weighted by Crippen LogP contribution is 2.15. The van der Waals surface area contributed by atoms with Gasteiger partial charge in [-0.15, -0.1) is 0 Å². The Kier molecular flexibility index (Phi) is 7.46. The van der Waals surface area contributed by atoms with Crippen molar-refractivity contribution in [3.8, 4) is 0 Å². The molecule has 0 unspecified atom stereocenters. The Hall–Kier alpha value is -2.55. The predicted octanol–water partition coefficient (Wildman–Crippen LogP) is 2.33. The van der Waals surface area contributed by atoms with E-state index in [1.165, 1.54) is 0 Å². The summed E-state index contributed by atoms with van der Waals surface area (Å²) in [5.41, 5.74) is 1.68. The topological polar surface area (TPSA) is 63.5 Å². The lowest BCUT2D eigenvalue weighted by Crippen LogP contribution is -2.38. The number of benzene rings is 1. The number of hydrogen-bond donors (Lipinski definition) is 2. The van der Waals surface area contributed by atoms with Crippen molar-refractivity contribution < 1.29 is 17.9 Å². The van der Waals surface area contributed by atoms with Crippen molar-refractivity contribution in [2.75, 3.05) is 20.2 Å². The standard InChI is InChI=1S/C17H22F3N5O/c1-21-16(22-8-10-25-9-2-7-24-25)23-11-14-3-5-15(6-4-14)12-26-13-17(18,19)20/h2-7,9H,8,10-13H2,1H3,(H2,21,22,23). The Balaban J connectivity index is 1.70. The SMILES string of the molecule is CN=C(NCCn1cccn1)NCc1ccc(COCC(F)(F)F)cc1. The molecule has 1 heterocycles. The maximum atomic E-state index is 12.0. The molecule has 2 rings (SSSR count). The summed E-state index contributed by atoms with van der Waals surface area (Å²) >= 11 is 0. The van der Waals surface area contributed by atoms with Crippen LogP contribution in [-0.4, -0.2) is 42.1 Å². The summed E-state index contributed by atoms with van der Waals surface area (Å²) in [6.45, 7) is 0.642. The van der Waals surface area contributed by atoms with Crippen molar-refractivity contribution >= 4 is 5.96 Å². The zero-order valence-electron chi connectivity index (χ0n) is 14.5.